The van der Waals surface area contributed by atoms with E-state index in [0.29, 0.717) is 21.7 Å². The van der Waals surface area contributed by atoms with Crippen LogP contribution < -0.4 is 4.74 Å². The molecule has 0 N–H and O–H groups in total. The topological polar surface area (TPSA) is 9.23 Å². The van der Waals surface area contributed by atoms with E-state index in [1.54, 1.807) is 12.1 Å². The second-order valence-corrected chi connectivity index (χ2v) is 4.46. The molecule has 1 nitrogen and oxygen atoms in total. The van der Waals surface area contributed by atoms with Crippen molar-refractivity contribution in [2.24, 2.45) is 0 Å². The Morgan fingerprint density at radius 1 is 1.33 bits per heavy atom. The average Bonchev–Trinajstić information content (AvgIpc) is 2.21. The van der Waals surface area contributed by atoms with Gasteiger partial charge in [0.1, 0.15) is 5.75 Å². The molecule has 0 bridgehead atoms. The van der Waals surface area contributed by atoms with Crippen molar-refractivity contribution < 1.29 is 4.74 Å². The summed E-state index contributed by atoms with van der Waals surface area (Å²) in [6, 6.07) is 3.44. The Morgan fingerprint density at radius 2 is 2.00 bits per heavy atom. The second kappa shape index (κ2) is 5.83. The molecule has 4 heteroatoms. The van der Waals surface area contributed by atoms with Crippen LogP contribution in [0.25, 0.3) is 0 Å². The van der Waals surface area contributed by atoms with Crippen molar-refractivity contribution in [2.75, 3.05) is 0 Å². The Morgan fingerprint density at radius 3 is 2.53 bits per heavy atom. The van der Waals surface area contributed by atoms with Gasteiger partial charge in [-0.3, -0.25) is 0 Å². The van der Waals surface area contributed by atoms with Gasteiger partial charge in [0.05, 0.1) is 17.0 Å². The van der Waals surface area contributed by atoms with E-state index in [2.05, 4.69) is 6.92 Å². The Labute approximate surface area is 105 Å². The monoisotopic (exact) mass is 266 g/mol. The molecule has 0 fully saturated rings. The van der Waals surface area contributed by atoms with E-state index >= 15 is 0 Å². The summed E-state index contributed by atoms with van der Waals surface area (Å²) < 4.78 is 5.70. The molecule has 84 valence electrons. The summed E-state index contributed by atoms with van der Waals surface area (Å²) in [6.45, 7) is 4.04. The molecule has 1 atom stereocenters. The quantitative estimate of drug-likeness (QED) is 0.704. The molecule has 0 radical (unpaired) electrons. The first kappa shape index (κ1) is 13.0. The Balaban J connectivity index is 3.04. The largest absolute Gasteiger partial charge is 0.489 e. The Hall–Kier alpha value is -0.110. The van der Waals surface area contributed by atoms with Crippen LogP contribution in [-0.2, 0) is 5.88 Å². The van der Waals surface area contributed by atoms with E-state index in [9.17, 15) is 0 Å². The van der Waals surface area contributed by atoms with Crippen LogP contribution in [0, 0.1) is 0 Å². The number of alkyl halides is 1. The van der Waals surface area contributed by atoms with Crippen molar-refractivity contribution in [1.82, 2.24) is 0 Å². The van der Waals surface area contributed by atoms with Gasteiger partial charge in [0.25, 0.3) is 0 Å². The third-order valence-electron chi connectivity index (χ3n) is 2.12. The van der Waals surface area contributed by atoms with Crippen LogP contribution in [0.1, 0.15) is 25.8 Å². The fourth-order valence-electron chi connectivity index (χ4n) is 1.13. The number of rotatable bonds is 4. The molecule has 1 aromatic rings. The zero-order valence-corrected chi connectivity index (χ0v) is 11.0. The van der Waals surface area contributed by atoms with Crippen molar-refractivity contribution in [3.05, 3.63) is 27.7 Å². The van der Waals surface area contributed by atoms with Crippen LogP contribution >= 0.6 is 34.8 Å². The minimum atomic E-state index is 0.116. The molecule has 0 saturated heterocycles. The van der Waals surface area contributed by atoms with Gasteiger partial charge >= 0.3 is 0 Å². The highest BCUT2D eigenvalue weighted by molar-refractivity contribution is 6.36. The SMILES string of the molecule is CCC(C)Oc1c(Cl)cc(Cl)cc1CCl. The first-order valence-electron chi connectivity index (χ1n) is 4.79. The van der Waals surface area contributed by atoms with E-state index < -0.39 is 0 Å². The Bertz CT molecular complexity index is 339. The van der Waals surface area contributed by atoms with Crippen LogP contribution in [0.3, 0.4) is 0 Å². The lowest BCUT2D eigenvalue weighted by molar-refractivity contribution is 0.216. The van der Waals surface area contributed by atoms with Crippen LogP contribution in [0.4, 0.5) is 0 Å². The Kier molecular flexibility index (Phi) is 5.04. The van der Waals surface area contributed by atoms with Crippen molar-refractivity contribution in [3.8, 4) is 5.75 Å². The number of halogens is 3. The molecule has 1 unspecified atom stereocenters. The molecular formula is C11H13Cl3O. The lowest BCUT2D eigenvalue weighted by atomic mass is 10.2. The molecule has 0 heterocycles. The molecule has 1 aromatic carbocycles. The molecule has 0 aromatic heterocycles. The molecule has 0 aliphatic carbocycles. The summed E-state index contributed by atoms with van der Waals surface area (Å²) >= 11 is 17.7. The van der Waals surface area contributed by atoms with Gasteiger partial charge in [-0.1, -0.05) is 30.1 Å². The molecule has 0 saturated carbocycles. The van der Waals surface area contributed by atoms with Crippen LogP contribution in [0.2, 0.25) is 10.0 Å². The van der Waals surface area contributed by atoms with Crippen molar-refractivity contribution in [3.63, 3.8) is 0 Å². The molecule has 0 aliphatic rings. The summed E-state index contributed by atoms with van der Waals surface area (Å²) in [4.78, 5) is 0. The second-order valence-electron chi connectivity index (χ2n) is 3.35. The maximum atomic E-state index is 6.05. The predicted octanol–water partition coefficient (Wildman–Crippen LogP) is 4.91. The first-order valence-corrected chi connectivity index (χ1v) is 6.08. The standard InChI is InChI=1S/C11H13Cl3O/c1-3-7(2)15-11-8(6-12)4-9(13)5-10(11)14/h4-5,7H,3,6H2,1-2H3. The van der Waals surface area contributed by atoms with E-state index in [1.807, 2.05) is 6.92 Å². The van der Waals surface area contributed by atoms with Crippen LogP contribution in [0.15, 0.2) is 12.1 Å². The molecule has 0 spiro atoms. The van der Waals surface area contributed by atoms with Gasteiger partial charge in [-0.15, -0.1) is 11.6 Å². The number of benzene rings is 1. The third kappa shape index (κ3) is 3.44. The number of hydrogen-bond acceptors (Lipinski definition) is 1. The third-order valence-corrected chi connectivity index (χ3v) is 2.91. The van der Waals surface area contributed by atoms with Gasteiger partial charge in [-0.05, 0) is 25.5 Å². The maximum absolute atomic E-state index is 6.05. The zero-order valence-electron chi connectivity index (χ0n) is 8.69. The molecule has 15 heavy (non-hydrogen) atoms. The van der Waals surface area contributed by atoms with Crippen molar-refractivity contribution >= 4 is 34.8 Å². The minimum absolute atomic E-state index is 0.116. The van der Waals surface area contributed by atoms with Gasteiger partial charge < -0.3 is 4.74 Å². The van der Waals surface area contributed by atoms with E-state index in [1.165, 1.54) is 0 Å². The van der Waals surface area contributed by atoms with Crippen LogP contribution in [0.5, 0.6) is 5.75 Å². The predicted molar refractivity (Wildman–Crippen MR) is 66.4 cm³/mol. The summed E-state index contributed by atoms with van der Waals surface area (Å²) in [7, 11) is 0. The van der Waals surface area contributed by atoms with Gasteiger partial charge in [-0.2, -0.15) is 0 Å². The van der Waals surface area contributed by atoms with Crippen molar-refractivity contribution in [1.29, 1.82) is 0 Å². The summed E-state index contributed by atoms with van der Waals surface area (Å²) in [5.74, 6) is 0.983. The first-order chi connectivity index (χ1) is 7.08. The highest BCUT2D eigenvalue weighted by Crippen LogP contribution is 2.34. The van der Waals surface area contributed by atoms with E-state index in [-0.39, 0.29) is 6.10 Å². The molecule has 0 aliphatic heterocycles. The summed E-state index contributed by atoms with van der Waals surface area (Å²) in [5.41, 5.74) is 0.828. The average molecular weight is 268 g/mol. The van der Waals surface area contributed by atoms with Crippen molar-refractivity contribution in [2.45, 2.75) is 32.3 Å². The fraction of sp³-hybridized carbons (Fsp3) is 0.455. The van der Waals surface area contributed by atoms with Gasteiger partial charge in [0, 0.05) is 10.6 Å². The fourth-order valence-corrected chi connectivity index (χ4v) is 1.91. The highest BCUT2D eigenvalue weighted by Gasteiger charge is 2.12. The summed E-state index contributed by atoms with van der Waals surface area (Å²) in [5, 5.41) is 1.09. The van der Waals surface area contributed by atoms with Crippen LogP contribution in [-0.4, -0.2) is 6.10 Å². The maximum Gasteiger partial charge on any atom is 0.142 e. The van der Waals surface area contributed by atoms with Gasteiger partial charge in [0.2, 0.25) is 0 Å². The lowest BCUT2D eigenvalue weighted by Crippen LogP contribution is -2.11. The summed E-state index contributed by atoms with van der Waals surface area (Å²) in [6.07, 6.45) is 1.03. The smallest absolute Gasteiger partial charge is 0.142 e. The van der Waals surface area contributed by atoms with Gasteiger partial charge in [0.15, 0.2) is 0 Å². The minimum Gasteiger partial charge on any atom is -0.489 e. The number of hydrogen-bond donors (Lipinski definition) is 0. The highest BCUT2D eigenvalue weighted by atomic mass is 35.5. The molecular weight excluding hydrogens is 254 g/mol. The molecule has 0 amide bonds. The molecule has 1 rings (SSSR count). The van der Waals surface area contributed by atoms with E-state index in [0.717, 1.165) is 12.0 Å². The lowest BCUT2D eigenvalue weighted by Gasteiger charge is -2.16. The normalized spacial score (nSPS) is 12.6. The van der Waals surface area contributed by atoms with E-state index in [4.69, 9.17) is 39.5 Å². The number of ether oxygens (including phenoxy) is 1. The van der Waals surface area contributed by atoms with Gasteiger partial charge in [-0.25, -0.2) is 0 Å². The zero-order chi connectivity index (χ0) is 11.4.